The number of hydrogen-bond acceptors (Lipinski definition) is 2. The molecule has 2 aliphatic carbocycles. The summed E-state index contributed by atoms with van der Waals surface area (Å²) < 4.78 is 0. The van der Waals surface area contributed by atoms with E-state index < -0.39 is 0 Å². The molecule has 1 amide bonds. The van der Waals surface area contributed by atoms with E-state index in [-0.39, 0.29) is 5.91 Å². The first kappa shape index (κ1) is 6.00. The highest BCUT2D eigenvalue weighted by Crippen LogP contribution is 2.49. The van der Waals surface area contributed by atoms with E-state index in [0.29, 0.717) is 17.9 Å². The van der Waals surface area contributed by atoms with Crippen LogP contribution in [0.15, 0.2) is 0 Å². The molecule has 0 aromatic rings. The molecule has 3 rings (SSSR count). The molecule has 0 aromatic heterocycles. The van der Waals surface area contributed by atoms with E-state index in [4.69, 9.17) is 0 Å². The van der Waals surface area contributed by atoms with Gasteiger partial charge < -0.3 is 0 Å². The van der Waals surface area contributed by atoms with E-state index in [1.54, 1.807) is 0 Å². The third-order valence-corrected chi connectivity index (χ3v) is 3.58. The van der Waals surface area contributed by atoms with Crippen molar-refractivity contribution in [1.82, 2.24) is 10.9 Å². The second-order valence-electron chi connectivity index (χ2n) is 4.02. The summed E-state index contributed by atoms with van der Waals surface area (Å²) in [5, 5.41) is 0. The van der Waals surface area contributed by atoms with Crippen LogP contribution in [0.2, 0.25) is 0 Å². The third-order valence-electron chi connectivity index (χ3n) is 3.58. The molecule has 3 fully saturated rings. The Bertz CT molecular complexity index is 216. The molecule has 2 bridgehead atoms. The second kappa shape index (κ2) is 1.78. The van der Waals surface area contributed by atoms with Crippen LogP contribution in [0.5, 0.6) is 0 Å². The maximum Gasteiger partial charge on any atom is 0.239 e. The molecular weight excluding hydrogens is 140 g/mol. The van der Waals surface area contributed by atoms with Crippen LogP contribution in [-0.2, 0) is 4.79 Å². The standard InChI is InChI=1S/C8H12N2O/c11-8-6-4-1-2-5(3-4)7(6)9-10-8/h4-7,9H,1-3H2,(H,10,11). The Labute approximate surface area is 65.5 Å². The summed E-state index contributed by atoms with van der Waals surface area (Å²) in [4.78, 5) is 11.3. The molecule has 4 atom stereocenters. The van der Waals surface area contributed by atoms with Crippen LogP contribution in [0, 0.1) is 17.8 Å². The number of fused-ring (bicyclic) bond motifs is 5. The minimum absolute atomic E-state index is 0.238. The second-order valence-corrected chi connectivity index (χ2v) is 4.02. The van der Waals surface area contributed by atoms with Gasteiger partial charge >= 0.3 is 0 Å². The number of hydrogen-bond donors (Lipinski definition) is 2. The topological polar surface area (TPSA) is 41.1 Å². The van der Waals surface area contributed by atoms with E-state index in [9.17, 15) is 4.79 Å². The largest absolute Gasteiger partial charge is 0.291 e. The lowest BCUT2D eigenvalue weighted by Gasteiger charge is -2.20. The van der Waals surface area contributed by atoms with Crippen LogP contribution in [0.1, 0.15) is 19.3 Å². The van der Waals surface area contributed by atoms with Crippen LogP contribution in [-0.4, -0.2) is 11.9 Å². The first-order valence-corrected chi connectivity index (χ1v) is 4.41. The summed E-state index contributed by atoms with van der Waals surface area (Å²) in [5.74, 6) is 2.03. The number of amides is 1. The maximum absolute atomic E-state index is 11.3. The van der Waals surface area contributed by atoms with Crippen molar-refractivity contribution in [3.05, 3.63) is 0 Å². The lowest BCUT2D eigenvalue weighted by atomic mass is 9.86. The van der Waals surface area contributed by atoms with Gasteiger partial charge in [0, 0.05) is 6.04 Å². The van der Waals surface area contributed by atoms with E-state index in [1.165, 1.54) is 19.3 Å². The van der Waals surface area contributed by atoms with Gasteiger partial charge in [-0.3, -0.25) is 10.2 Å². The van der Waals surface area contributed by atoms with Crippen molar-refractivity contribution in [2.75, 3.05) is 0 Å². The van der Waals surface area contributed by atoms with Gasteiger partial charge in [-0.2, -0.15) is 0 Å². The molecule has 0 radical (unpaired) electrons. The number of nitrogens with one attached hydrogen (secondary N) is 2. The van der Waals surface area contributed by atoms with Crippen molar-refractivity contribution >= 4 is 5.91 Å². The zero-order valence-corrected chi connectivity index (χ0v) is 6.34. The van der Waals surface area contributed by atoms with Gasteiger partial charge in [0.05, 0.1) is 5.92 Å². The van der Waals surface area contributed by atoms with Crippen LogP contribution in [0.3, 0.4) is 0 Å². The number of hydrazine groups is 1. The minimum atomic E-state index is 0.238. The molecule has 60 valence electrons. The van der Waals surface area contributed by atoms with Crippen molar-refractivity contribution in [3.8, 4) is 0 Å². The summed E-state index contributed by atoms with van der Waals surface area (Å²) >= 11 is 0. The molecule has 1 heterocycles. The smallest absolute Gasteiger partial charge is 0.239 e. The van der Waals surface area contributed by atoms with Crippen molar-refractivity contribution in [3.63, 3.8) is 0 Å². The number of rotatable bonds is 0. The van der Waals surface area contributed by atoms with Crippen molar-refractivity contribution in [2.45, 2.75) is 25.3 Å². The Balaban J connectivity index is 1.97. The molecule has 11 heavy (non-hydrogen) atoms. The van der Waals surface area contributed by atoms with Gasteiger partial charge in [0.2, 0.25) is 5.91 Å². The average Bonchev–Trinajstić information content (AvgIpc) is 2.60. The first-order valence-electron chi connectivity index (χ1n) is 4.41. The molecule has 4 unspecified atom stereocenters. The summed E-state index contributed by atoms with van der Waals surface area (Å²) in [7, 11) is 0. The number of carbonyl (C=O) groups excluding carboxylic acids is 1. The summed E-state index contributed by atoms with van der Waals surface area (Å²) in [6.07, 6.45) is 3.89. The van der Waals surface area contributed by atoms with Crippen molar-refractivity contribution in [1.29, 1.82) is 0 Å². The first-order chi connectivity index (χ1) is 5.36. The molecule has 3 heteroatoms. The molecular formula is C8H12N2O. The van der Waals surface area contributed by atoms with Gasteiger partial charge in [-0.05, 0) is 31.1 Å². The highest BCUT2D eigenvalue weighted by molar-refractivity contribution is 5.82. The Hall–Kier alpha value is -0.570. The van der Waals surface area contributed by atoms with Gasteiger partial charge in [-0.25, -0.2) is 5.43 Å². The van der Waals surface area contributed by atoms with Crippen LogP contribution >= 0.6 is 0 Å². The molecule has 1 aliphatic heterocycles. The van der Waals surface area contributed by atoms with Crippen molar-refractivity contribution < 1.29 is 4.79 Å². The molecule has 3 aliphatic rings. The predicted octanol–water partition coefficient (Wildman–Crippen LogP) is 0.0355. The highest BCUT2D eigenvalue weighted by Gasteiger charge is 2.53. The summed E-state index contributed by atoms with van der Waals surface area (Å²) in [6.45, 7) is 0. The molecule has 2 N–H and O–H groups in total. The van der Waals surface area contributed by atoms with Crippen molar-refractivity contribution in [2.24, 2.45) is 17.8 Å². The maximum atomic E-state index is 11.3. The fourth-order valence-corrected chi connectivity index (χ4v) is 3.11. The monoisotopic (exact) mass is 152 g/mol. The van der Waals surface area contributed by atoms with Gasteiger partial charge in [0.25, 0.3) is 0 Å². The Morgan fingerprint density at radius 2 is 2.09 bits per heavy atom. The third kappa shape index (κ3) is 0.601. The van der Waals surface area contributed by atoms with Gasteiger partial charge in [0.15, 0.2) is 0 Å². The molecule has 0 spiro atoms. The molecule has 2 saturated carbocycles. The highest BCUT2D eigenvalue weighted by atomic mass is 16.2. The fraction of sp³-hybridized carbons (Fsp3) is 0.875. The minimum Gasteiger partial charge on any atom is -0.291 e. The molecule has 0 aromatic carbocycles. The number of carbonyl (C=O) groups is 1. The Morgan fingerprint density at radius 1 is 1.27 bits per heavy atom. The molecule has 1 saturated heterocycles. The van der Waals surface area contributed by atoms with E-state index in [0.717, 1.165) is 5.92 Å². The summed E-state index contributed by atoms with van der Waals surface area (Å²) in [6, 6.07) is 0.473. The Kier molecular flexibility index (Phi) is 0.969. The normalized spacial score (nSPS) is 52.9. The fourth-order valence-electron chi connectivity index (χ4n) is 3.11. The molecule has 3 nitrogen and oxygen atoms in total. The van der Waals surface area contributed by atoms with Gasteiger partial charge in [-0.1, -0.05) is 0 Å². The Morgan fingerprint density at radius 3 is 2.91 bits per heavy atom. The van der Waals surface area contributed by atoms with Gasteiger partial charge in [-0.15, -0.1) is 0 Å². The van der Waals surface area contributed by atoms with E-state index in [2.05, 4.69) is 10.9 Å². The zero-order valence-electron chi connectivity index (χ0n) is 6.34. The zero-order chi connectivity index (χ0) is 7.42. The summed E-state index contributed by atoms with van der Waals surface area (Å²) in [5.41, 5.74) is 5.83. The lowest BCUT2D eigenvalue weighted by molar-refractivity contribution is -0.123. The SMILES string of the molecule is O=C1NNC2C3CCC(C3)C12. The van der Waals surface area contributed by atoms with E-state index >= 15 is 0 Å². The lowest BCUT2D eigenvalue weighted by Crippen LogP contribution is -2.35. The van der Waals surface area contributed by atoms with Crippen LogP contribution in [0.4, 0.5) is 0 Å². The van der Waals surface area contributed by atoms with E-state index in [1.807, 2.05) is 0 Å². The van der Waals surface area contributed by atoms with Gasteiger partial charge in [0.1, 0.15) is 0 Å². The van der Waals surface area contributed by atoms with Crippen LogP contribution in [0.25, 0.3) is 0 Å². The van der Waals surface area contributed by atoms with Crippen LogP contribution < -0.4 is 10.9 Å². The predicted molar refractivity (Wildman–Crippen MR) is 39.4 cm³/mol. The quantitative estimate of drug-likeness (QED) is 0.514. The average molecular weight is 152 g/mol.